The van der Waals surface area contributed by atoms with Crippen LogP contribution in [0.25, 0.3) is 11.6 Å². The molecule has 0 aliphatic heterocycles. The van der Waals surface area contributed by atoms with E-state index in [0.717, 1.165) is 12.8 Å². The number of rotatable bonds is 3. The van der Waals surface area contributed by atoms with Gasteiger partial charge in [0.1, 0.15) is 5.75 Å². The summed E-state index contributed by atoms with van der Waals surface area (Å²) in [6.07, 6.45) is 7.67. The molecule has 142 valence electrons. The van der Waals surface area contributed by atoms with E-state index in [1.54, 1.807) is 12.1 Å². The van der Waals surface area contributed by atoms with Gasteiger partial charge in [-0.1, -0.05) is 81.8 Å². The van der Waals surface area contributed by atoms with Crippen LogP contribution < -0.4 is 0 Å². The zero-order valence-corrected chi connectivity index (χ0v) is 17.3. The largest absolute Gasteiger partial charge is 0.508 e. The number of hydrogen-bond donors (Lipinski definition) is 1. The Morgan fingerprint density at radius 1 is 0.815 bits per heavy atom. The first-order valence-electron chi connectivity index (χ1n) is 9.94. The molecule has 0 saturated heterocycles. The lowest BCUT2D eigenvalue weighted by Crippen LogP contribution is -2.30. The SMILES string of the molecule is C/C=C/c1ccc(C(=C2CC(C)(C)CC(C)(C)C2)c2ccc(O)cc2)cc1. The number of hydrogen-bond acceptors (Lipinski definition) is 1. The summed E-state index contributed by atoms with van der Waals surface area (Å²) in [5.41, 5.74) is 7.13. The highest BCUT2D eigenvalue weighted by Crippen LogP contribution is 2.50. The molecule has 1 aliphatic rings. The van der Waals surface area contributed by atoms with E-state index in [2.05, 4.69) is 64.1 Å². The van der Waals surface area contributed by atoms with Crippen molar-refractivity contribution < 1.29 is 5.11 Å². The lowest BCUT2D eigenvalue weighted by Gasteiger charge is -2.43. The molecule has 3 rings (SSSR count). The van der Waals surface area contributed by atoms with Gasteiger partial charge in [-0.2, -0.15) is 0 Å². The molecule has 27 heavy (non-hydrogen) atoms. The topological polar surface area (TPSA) is 20.2 Å². The molecule has 0 bridgehead atoms. The quantitative estimate of drug-likeness (QED) is 0.602. The monoisotopic (exact) mass is 360 g/mol. The first kappa shape index (κ1) is 19.5. The van der Waals surface area contributed by atoms with Gasteiger partial charge >= 0.3 is 0 Å². The van der Waals surface area contributed by atoms with Gasteiger partial charge in [0.2, 0.25) is 0 Å². The van der Waals surface area contributed by atoms with Gasteiger partial charge < -0.3 is 5.11 Å². The van der Waals surface area contributed by atoms with Crippen LogP contribution in [0.2, 0.25) is 0 Å². The number of benzene rings is 2. The van der Waals surface area contributed by atoms with Gasteiger partial charge in [-0.05, 0) is 71.4 Å². The Kier molecular flexibility index (Phi) is 5.33. The van der Waals surface area contributed by atoms with Crippen molar-refractivity contribution in [3.8, 4) is 5.75 Å². The van der Waals surface area contributed by atoms with E-state index < -0.39 is 0 Å². The smallest absolute Gasteiger partial charge is 0.115 e. The molecule has 0 atom stereocenters. The fourth-order valence-corrected chi connectivity index (χ4v) is 4.97. The van der Waals surface area contributed by atoms with Crippen LogP contribution in [-0.2, 0) is 0 Å². The van der Waals surface area contributed by atoms with Gasteiger partial charge in [-0.15, -0.1) is 0 Å². The van der Waals surface area contributed by atoms with E-state index in [-0.39, 0.29) is 0 Å². The van der Waals surface area contributed by atoms with E-state index in [9.17, 15) is 5.11 Å². The minimum absolute atomic E-state index is 0.296. The standard InChI is InChI=1S/C26H32O/c1-6-7-19-8-10-20(11-9-19)24(21-12-14-23(27)15-13-21)22-16-25(2,3)18-26(4,5)17-22/h6-15,27H,16-18H2,1-5H3/b7-6+. The highest BCUT2D eigenvalue weighted by Gasteiger charge is 2.37. The number of allylic oxidation sites excluding steroid dienone is 2. The molecule has 0 amide bonds. The fourth-order valence-electron chi connectivity index (χ4n) is 4.97. The highest BCUT2D eigenvalue weighted by atomic mass is 16.3. The first-order chi connectivity index (χ1) is 12.7. The molecular formula is C26H32O. The van der Waals surface area contributed by atoms with Crippen LogP contribution in [0.15, 0.2) is 60.2 Å². The summed E-state index contributed by atoms with van der Waals surface area (Å²) in [5, 5.41) is 9.76. The first-order valence-corrected chi connectivity index (χ1v) is 9.94. The second-order valence-corrected chi connectivity index (χ2v) is 9.51. The maximum atomic E-state index is 9.76. The molecule has 1 saturated carbocycles. The van der Waals surface area contributed by atoms with Crippen molar-refractivity contribution in [3.05, 3.63) is 76.9 Å². The molecular weight excluding hydrogens is 328 g/mol. The molecule has 0 radical (unpaired) electrons. The van der Waals surface area contributed by atoms with Gasteiger partial charge in [0, 0.05) is 0 Å². The minimum Gasteiger partial charge on any atom is -0.508 e. The Morgan fingerprint density at radius 3 is 1.78 bits per heavy atom. The molecule has 0 spiro atoms. The van der Waals surface area contributed by atoms with Crippen LogP contribution in [0.5, 0.6) is 5.75 Å². The lowest BCUT2D eigenvalue weighted by molar-refractivity contribution is 0.154. The second kappa shape index (κ2) is 7.38. The van der Waals surface area contributed by atoms with E-state index in [0.29, 0.717) is 16.6 Å². The Morgan fingerprint density at radius 2 is 1.30 bits per heavy atom. The maximum absolute atomic E-state index is 9.76. The third-order valence-corrected chi connectivity index (χ3v) is 5.41. The van der Waals surface area contributed by atoms with E-state index >= 15 is 0 Å². The summed E-state index contributed by atoms with van der Waals surface area (Å²) in [6.45, 7) is 11.6. The van der Waals surface area contributed by atoms with Crippen molar-refractivity contribution in [1.82, 2.24) is 0 Å². The van der Waals surface area contributed by atoms with E-state index in [1.165, 1.54) is 34.3 Å². The molecule has 0 heterocycles. The number of aromatic hydroxyl groups is 1. The molecule has 0 unspecified atom stereocenters. The summed E-state index contributed by atoms with van der Waals surface area (Å²) in [7, 11) is 0. The summed E-state index contributed by atoms with van der Waals surface area (Å²) >= 11 is 0. The normalized spacial score (nSPS) is 18.6. The lowest BCUT2D eigenvalue weighted by atomic mass is 9.62. The highest BCUT2D eigenvalue weighted by molar-refractivity contribution is 5.83. The van der Waals surface area contributed by atoms with Gasteiger partial charge in [-0.25, -0.2) is 0 Å². The van der Waals surface area contributed by atoms with E-state index in [4.69, 9.17) is 0 Å². The predicted octanol–water partition coefficient (Wildman–Crippen LogP) is 7.46. The number of phenols is 1. The molecule has 1 N–H and O–H groups in total. The van der Waals surface area contributed by atoms with Crippen molar-refractivity contribution in [2.24, 2.45) is 10.8 Å². The van der Waals surface area contributed by atoms with Crippen molar-refractivity contribution >= 4 is 11.6 Å². The average Bonchev–Trinajstić information content (AvgIpc) is 2.56. The zero-order chi connectivity index (χ0) is 19.7. The minimum atomic E-state index is 0.296. The summed E-state index contributed by atoms with van der Waals surface area (Å²) in [6, 6.07) is 16.5. The van der Waals surface area contributed by atoms with Crippen molar-refractivity contribution in [2.75, 3.05) is 0 Å². The fraction of sp³-hybridized carbons (Fsp3) is 0.385. The second-order valence-electron chi connectivity index (χ2n) is 9.51. The van der Waals surface area contributed by atoms with Gasteiger partial charge in [-0.3, -0.25) is 0 Å². The number of phenolic OH excluding ortho intramolecular Hbond substituents is 1. The summed E-state index contributed by atoms with van der Waals surface area (Å²) in [4.78, 5) is 0. The van der Waals surface area contributed by atoms with Gasteiger partial charge in [0.25, 0.3) is 0 Å². The van der Waals surface area contributed by atoms with Crippen LogP contribution in [0.3, 0.4) is 0 Å². The third-order valence-electron chi connectivity index (χ3n) is 5.41. The maximum Gasteiger partial charge on any atom is 0.115 e. The van der Waals surface area contributed by atoms with Crippen molar-refractivity contribution in [3.63, 3.8) is 0 Å². The predicted molar refractivity (Wildman–Crippen MR) is 117 cm³/mol. The Balaban J connectivity index is 2.16. The Labute approximate surface area is 164 Å². The molecule has 2 aromatic rings. The van der Waals surface area contributed by atoms with Gasteiger partial charge in [0.15, 0.2) is 0 Å². The molecule has 1 heteroatoms. The van der Waals surface area contributed by atoms with Crippen LogP contribution in [0.4, 0.5) is 0 Å². The van der Waals surface area contributed by atoms with Gasteiger partial charge in [0.05, 0.1) is 0 Å². The molecule has 1 aliphatic carbocycles. The molecule has 1 fully saturated rings. The molecule has 1 nitrogen and oxygen atoms in total. The average molecular weight is 361 g/mol. The van der Waals surface area contributed by atoms with Crippen molar-refractivity contribution in [1.29, 1.82) is 0 Å². The van der Waals surface area contributed by atoms with Crippen LogP contribution in [-0.4, -0.2) is 5.11 Å². The van der Waals surface area contributed by atoms with E-state index in [1.807, 2.05) is 19.1 Å². The summed E-state index contributed by atoms with van der Waals surface area (Å²) < 4.78 is 0. The van der Waals surface area contributed by atoms with Crippen molar-refractivity contribution in [2.45, 2.75) is 53.9 Å². The Hall–Kier alpha value is -2.28. The summed E-state index contributed by atoms with van der Waals surface area (Å²) in [5.74, 6) is 0.316. The Bertz CT molecular complexity index is 828. The molecule has 2 aromatic carbocycles. The van der Waals surface area contributed by atoms with Crippen LogP contribution in [0.1, 0.15) is 70.6 Å². The third kappa shape index (κ3) is 4.71. The molecule has 0 aromatic heterocycles. The van der Waals surface area contributed by atoms with Crippen LogP contribution in [0, 0.1) is 10.8 Å². The zero-order valence-electron chi connectivity index (χ0n) is 17.3. The van der Waals surface area contributed by atoms with Crippen LogP contribution >= 0.6 is 0 Å².